The number of benzene rings is 1. The van der Waals surface area contributed by atoms with Crippen LogP contribution in [0.4, 0.5) is 0 Å². The van der Waals surface area contributed by atoms with Gasteiger partial charge in [-0.1, -0.05) is 30.3 Å². The lowest BCUT2D eigenvalue weighted by Crippen LogP contribution is -2.21. The van der Waals surface area contributed by atoms with Crippen LogP contribution in [0.5, 0.6) is 0 Å². The van der Waals surface area contributed by atoms with Gasteiger partial charge in [0.2, 0.25) is 0 Å². The van der Waals surface area contributed by atoms with Gasteiger partial charge < -0.3 is 0 Å². The van der Waals surface area contributed by atoms with E-state index in [9.17, 15) is 4.79 Å². The van der Waals surface area contributed by atoms with E-state index in [2.05, 4.69) is 4.89 Å². The minimum atomic E-state index is -0.515. The van der Waals surface area contributed by atoms with Gasteiger partial charge in [0.1, 0.15) is 5.60 Å². The monoisotopic (exact) mass is 220 g/mol. The summed E-state index contributed by atoms with van der Waals surface area (Å²) < 4.78 is 0. The van der Waals surface area contributed by atoms with Gasteiger partial charge in [-0.3, -0.25) is 4.89 Å². The Morgan fingerprint density at radius 3 is 2.38 bits per heavy atom. The summed E-state index contributed by atoms with van der Waals surface area (Å²) >= 11 is 0. The summed E-state index contributed by atoms with van der Waals surface area (Å²) in [5.74, 6) is -0.515. The van der Waals surface area contributed by atoms with Gasteiger partial charge in [0.15, 0.2) is 0 Å². The smallest absolute Gasteiger partial charge is 0.293 e. The molecular weight excluding hydrogens is 204 g/mol. The van der Waals surface area contributed by atoms with Crippen molar-refractivity contribution in [2.45, 2.75) is 26.4 Å². The van der Waals surface area contributed by atoms with E-state index in [0.29, 0.717) is 0 Å². The van der Waals surface area contributed by atoms with E-state index < -0.39 is 11.6 Å². The Balaban J connectivity index is 2.43. The second-order valence-corrected chi connectivity index (χ2v) is 4.34. The third kappa shape index (κ3) is 5.32. The summed E-state index contributed by atoms with van der Waals surface area (Å²) in [6.45, 7) is 5.42. The molecule has 3 heteroatoms. The Morgan fingerprint density at radius 2 is 1.81 bits per heavy atom. The Hall–Kier alpha value is -1.61. The Bertz CT molecular complexity index is 361. The largest absolute Gasteiger partial charge is 0.365 e. The van der Waals surface area contributed by atoms with Crippen LogP contribution in [-0.2, 0) is 14.6 Å². The molecule has 1 aromatic carbocycles. The van der Waals surface area contributed by atoms with Gasteiger partial charge in [0.05, 0.1) is 0 Å². The van der Waals surface area contributed by atoms with Crippen molar-refractivity contribution in [3.05, 3.63) is 42.0 Å². The lowest BCUT2D eigenvalue weighted by Gasteiger charge is -2.15. The molecule has 0 saturated carbocycles. The van der Waals surface area contributed by atoms with E-state index in [-0.39, 0.29) is 0 Å². The predicted molar refractivity (Wildman–Crippen MR) is 62.4 cm³/mol. The first-order chi connectivity index (χ1) is 7.47. The molecule has 0 aliphatic heterocycles. The van der Waals surface area contributed by atoms with Crippen molar-refractivity contribution in [2.75, 3.05) is 0 Å². The van der Waals surface area contributed by atoms with Crippen molar-refractivity contribution >= 4 is 12.0 Å². The molecule has 0 aliphatic rings. The van der Waals surface area contributed by atoms with Crippen molar-refractivity contribution in [2.24, 2.45) is 0 Å². The normalized spacial score (nSPS) is 11.7. The molecule has 0 unspecified atom stereocenters. The summed E-state index contributed by atoms with van der Waals surface area (Å²) in [6.07, 6.45) is 3.01. The molecule has 86 valence electrons. The van der Waals surface area contributed by atoms with Crippen molar-refractivity contribution in [3.63, 3.8) is 0 Å². The fraction of sp³-hybridized carbons (Fsp3) is 0.308. The number of carbonyl (C=O) groups excluding carboxylic acids is 1. The molecule has 0 heterocycles. The SMILES string of the molecule is CC(C)(C)OOC(=O)C=Cc1ccccc1. The molecule has 1 aromatic rings. The van der Waals surface area contributed by atoms with E-state index in [0.717, 1.165) is 5.56 Å². The van der Waals surface area contributed by atoms with E-state index in [4.69, 9.17) is 4.89 Å². The minimum Gasteiger partial charge on any atom is -0.293 e. The number of hydrogen-bond donors (Lipinski definition) is 0. The van der Waals surface area contributed by atoms with Crippen molar-refractivity contribution in [1.82, 2.24) is 0 Å². The second kappa shape index (κ2) is 5.47. The number of carbonyl (C=O) groups is 1. The molecule has 1 rings (SSSR count). The third-order valence-corrected chi connectivity index (χ3v) is 1.59. The number of hydrogen-bond acceptors (Lipinski definition) is 3. The first-order valence-corrected chi connectivity index (χ1v) is 5.10. The zero-order valence-electron chi connectivity index (χ0n) is 9.77. The fourth-order valence-electron chi connectivity index (χ4n) is 0.922. The van der Waals surface area contributed by atoms with Crippen LogP contribution >= 0.6 is 0 Å². The van der Waals surface area contributed by atoms with E-state index in [1.807, 2.05) is 30.3 Å². The molecule has 0 aromatic heterocycles. The summed E-state index contributed by atoms with van der Waals surface area (Å²) in [5, 5.41) is 0. The Morgan fingerprint density at radius 1 is 1.19 bits per heavy atom. The van der Waals surface area contributed by atoms with E-state index in [1.165, 1.54) is 6.08 Å². The third-order valence-electron chi connectivity index (χ3n) is 1.59. The standard InChI is InChI=1S/C13H16O3/c1-13(2,3)16-15-12(14)10-9-11-7-5-4-6-8-11/h4-10H,1-3H3. The van der Waals surface area contributed by atoms with Gasteiger partial charge in [0, 0.05) is 6.08 Å². The zero-order chi connectivity index (χ0) is 12.0. The highest BCUT2D eigenvalue weighted by atomic mass is 17.2. The molecule has 0 N–H and O–H groups in total. The van der Waals surface area contributed by atoms with Crippen LogP contribution in [-0.4, -0.2) is 11.6 Å². The lowest BCUT2D eigenvalue weighted by molar-refractivity contribution is -0.316. The molecule has 0 amide bonds. The van der Waals surface area contributed by atoms with Gasteiger partial charge in [-0.25, -0.2) is 4.79 Å². The van der Waals surface area contributed by atoms with Crippen LogP contribution in [0.2, 0.25) is 0 Å². The maximum absolute atomic E-state index is 11.2. The fourth-order valence-corrected chi connectivity index (χ4v) is 0.922. The van der Waals surface area contributed by atoms with Gasteiger partial charge in [-0.05, 0) is 32.4 Å². The van der Waals surface area contributed by atoms with Crippen molar-refractivity contribution in [3.8, 4) is 0 Å². The topological polar surface area (TPSA) is 35.5 Å². The van der Waals surface area contributed by atoms with Crippen LogP contribution in [0.15, 0.2) is 36.4 Å². The molecule has 0 bridgehead atoms. The van der Waals surface area contributed by atoms with Crippen LogP contribution < -0.4 is 0 Å². The van der Waals surface area contributed by atoms with Crippen molar-refractivity contribution < 1.29 is 14.6 Å². The highest BCUT2D eigenvalue weighted by Gasteiger charge is 2.13. The molecule has 0 aliphatic carbocycles. The molecule has 0 atom stereocenters. The van der Waals surface area contributed by atoms with Crippen LogP contribution in [0.3, 0.4) is 0 Å². The average molecular weight is 220 g/mol. The van der Waals surface area contributed by atoms with E-state index >= 15 is 0 Å². The highest BCUT2D eigenvalue weighted by Crippen LogP contribution is 2.07. The van der Waals surface area contributed by atoms with Gasteiger partial charge in [-0.2, -0.15) is 4.89 Å². The molecule has 0 spiro atoms. The molecule has 0 saturated heterocycles. The summed E-state index contributed by atoms with van der Waals surface area (Å²) in [5.41, 5.74) is 0.450. The maximum Gasteiger partial charge on any atom is 0.365 e. The predicted octanol–water partition coefficient (Wildman–Crippen LogP) is 2.97. The summed E-state index contributed by atoms with van der Waals surface area (Å²) in [7, 11) is 0. The minimum absolute atomic E-state index is 0.490. The zero-order valence-corrected chi connectivity index (χ0v) is 9.77. The van der Waals surface area contributed by atoms with Crippen LogP contribution in [0.1, 0.15) is 26.3 Å². The molecule has 16 heavy (non-hydrogen) atoms. The highest BCUT2D eigenvalue weighted by molar-refractivity contribution is 5.86. The molecule has 0 radical (unpaired) electrons. The summed E-state index contributed by atoms with van der Waals surface area (Å²) in [6, 6.07) is 9.51. The van der Waals surface area contributed by atoms with Gasteiger partial charge in [0.25, 0.3) is 0 Å². The first-order valence-electron chi connectivity index (χ1n) is 5.10. The van der Waals surface area contributed by atoms with Crippen LogP contribution in [0, 0.1) is 0 Å². The first kappa shape index (κ1) is 12.5. The van der Waals surface area contributed by atoms with Crippen molar-refractivity contribution in [1.29, 1.82) is 0 Å². The van der Waals surface area contributed by atoms with Gasteiger partial charge >= 0.3 is 5.97 Å². The molecule has 0 fully saturated rings. The van der Waals surface area contributed by atoms with E-state index in [1.54, 1.807) is 26.8 Å². The lowest BCUT2D eigenvalue weighted by atomic mass is 10.2. The average Bonchev–Trinajstić information content (AvgIpc) is 2.24. The summed E-state index contributed by atoms with van der Waals surface area (Å²) in [4.78, 5) is 20.7. The molecular formula is C13H16O3. The Labute approximate surface area is 95.6 Å². The Kier molecular flexibility index (Phi) is 4.26. The number of rotatable bonds is 3. The van der Waals surface area contributed by atoms with Crippen LogP contribution in [0.25, 0.3) is 6.08 Å². The maximum atomic E-state index is 11.2. The van der Waals surface area contributed by atoms with Gasteiger partial charge in [-0.15, -0.1) is 0 Å². The molecule has 3 nitrogen and oxygen atoms in total. The second-order valence-electron chi connectivity index (χ2n) is 4.34. The quantitative estimate of drug-likeness (QED) is 0.446.